The molecule has 0 saturated heterocycles. The van der Waals surface area contributed by atoms with Crippen molar-refractivity contribution in [3.63, 3.8) is 0 Å². The van der Waals surface area contributed by atoms with Gasteiger partial charge >= 0.3 is 0 Å². The summed E-state index contributed by atoms with van der Waals surface area (Å²) >= 11 is 0. The summed E-state index contributed by atoms with van der Waals surface area (Å²) in [5.41, 5.74) is 4.52. The van der Waals surface area contributed by atoms with Gasteiger partial charge in [-0.25, -0.2) is 18.4 Å². The summed E-state index contributed by atoms with van der Waals surface area (Å²) in [6.07, 6.45) is 2.52. The number of carbonyl (C=O) groups is 1. The molecule has 0 atom stereocenters. The number of anilines is 2. The molecule has 3 rings (SSSR count). The number of carbonyl (C=O) groups excluding carboxylic acids is 1. The molecular weight excluding hydrogens is 376 g/mol. The third kappa shape index (κ3) is 4.28. The summed E-state index contributed by atoms with van der Waals surface area (Å²) in [7, 11) is -3.36. The topological polar surface area (TPSA) is 101 Å². The fourth-order valence-electron chi connectivity index (χ4n) is 3.13. The third-order valence-electron chi connectivity index (χ3n) is 4.39. The zero-order valence-corrected chi connectivity index (χ0v) is 17.0. The lowest BCUT2D eigenvalue weighted by molar-refractivity contribution is -0.114. The maximum Gasteiger partial charge on any atom is 0.243 e. The van der Waals surface area contributed by atoms with Gasteiger partial charge in [-0.15, -0.1) is 0 Å². The van der Waals surface area contributed by atoms with E-state index in [-0.39, 0.29) is 17.3 Å². The molecule has 3 aromatic rings. The van der Waals surface area contributed by atoms with Crippen LogP contribution >= 0.6 is 0 Å². The molecule has 0 bridgehead atoms. The maximum absolute atomic E-state index is 12.4. The van der Waals surface area contributed by atoms with E-state index in [2.05, 4.69) is 20.6 Å². The fourth-order valence-corrected chi connectivity index (χ4v) is 3.78. The third-order valence-corrected chi connectivity index (χ3v) is 5.50. The molecule has 0 aliphatic carbocycles. The van der Waals surface area contributed by atoms with Crippen LogP contribution in [0.5, 0.6) is 0 Å². The second-order valence-electron chi connectivity index (χ2n) is 6.85. The first-order chi connectivity index (χ1) is 13.1. The minimum atomic E-state index is -3.36. The first-order valence-corrected chi connectivity index (χ1v) is 10.6. The molecule has 7 nitrogen and oxygen atoms in total. The Bertz CT molecular complexity index is 1150. The van der Waals surface area contributed by atoms with E-state index < -0.39 is 9.84 Å². The van der Waals surface area contributed by atoms with E-state index in [1.165, 1.54) is 18.5 Å². The lowest BCUT2D eigenvalue weighted by atomic mass is 10.1. The van der Waals surface area contributed by atoms with Crippen LogP contribution in [0.4, 0.5) is 11.5 Å². The zero-order valence-electron chi connectivity index (χ0n) is 16.2. The van der Waals surface area contributed by atoms with Crippen LogP contribution in [-0.2, 0) is 14.6 Å². The summed E-state index contributed by atoms with van der Waals surface area (Å²) in [6, 6.07) is 8.67. The lowest BCUT2D eigenvalue weighted by Crippen LogP contribution is -2.23. The van der Waals surface area contributed by atoms with Gasteiger partial charge in [-0.3, -0.25) is 4.79 Å². The van der Waals surface area contributed by atoms with E-state index in [1.54, 1.807) is 6.07 Å². The Morgan fingerprint density at radius 2 is 1.71 bits per heavy atom. The molecule has 0 radical (unpaired) electrons. The zero-order chi connectivity index (χ0) is 20.5. The molecule has 2 aromatic carbocycles. The molecule has 146 valence electrons. The number of sulfone groups is 1. The Morgan fingerprint density at radius 1 is 1.04 bits per heavy atom. The SMILES string of the molecule is Cc1cc(C)c(NC(=O)CNc2ncnc3ccc(S(C)(=O)=O)cc23)c(C)c1. The molecule has 1 aromatic heterocycles. The van der Waals surface area contributed by atoms with Gasteiger partial charge in [0.1, 0.15) is 12.1 Å². The Labute approximate surface area is 164 Å². The first-order valence-electron chi connectivity index (χ1n) is 8.71. The minimum Gasteiger partial charge on any atom is -0.360 e. The van der Waals surface area contributed by atoms with Gasteiger partial charge in [0.15, 0.2) is 9.84 Å². The highest BCUT2D eigenvalue weighted by Gasteiger charge is 2.13. The van der Waals surface area contributed by atoms with Crippen LogP contribution in [0.15, 0.2) is 41.6 Å². The molecule has 28 heavy (non-hydrogen) atoms. The molecule has 1 amide bonds. The Kier molecular flexibility index (Phi) is 5.33. The summed E-state index contributed by atoms with van der Waals surface area (Å²) in [6.45, 7) is 5.90. The molecule has 0 aliphatic heterocycles. The van der Waals surface area contributed by atoms with Crippen molar-refractivity contribution in [3.05, 3.63) is 53.3 Å². The number of aromatic nitrogens is 2. The van der Waals surface area contributed by atoms with Gasteiger partial charge in [0, 0.05) is 17.3 Å². The van der Waals surface area contributed by atoms with E-state index in [0.717, 1.165) is 28.6 Å². The molecule has 8 heteroatoms. The molecule has 0 saturated carbocycles. The number of aryl methyl sites for hydroxylation is 3. The average Bonchev–Trinajstić information content (AvgIpc) is 2.61. The highest BCUT2D eigenvalue weighted by molar-refractivity contribution is 7.90. The molecule has 2 N–H and O–H groups in total. The minimum absolute atomic E-state index is 0.0119. The standard InChI is InChI=1S/C20H22N4O3S/c1-12-7-13(2)19(14(3)8-12)24-18(25)10-21-20-16-9-15(28(4,26)27)5-6-17(16)22-11-23-20/h5-9,11H,10H2,1-4H3,(H,24,25)(H,21,22,23). The number of nitrogens with zero attached hydrogens (tertiary/aromatic N) is 2. The van der Waals surface area contributed by atoms with Crippen molar-refractivity contribution in [2.75, 3.05) is 23.4 Å². The number of hydrogen-bond acceptors (Lipinski definition) is 6. The number of hydrogen-bond donors (Lipinski definition) is 2. The average molecular weight is 398 g/mol. The summed E-state index contributed by atoms with van der Waals surface area (Å²) in [5.74, 6) is 0.184. The number of fused-ring (bicyclic) bond motifs is 1. The summed E-state index contributed by atoms with van der Waals surface area (Å²) < 4.78 is 23.6. The molecule has 1 heterocycles. The smallest absolute Gasteiger partial charge is 0.243 e. The molecule has 0 unspecified atom stereocenters. The van der Waals surface area contributed by atoms with Crippen LogP contribution < -0.4 is 10.6 Å². The number of benzene rings is 2. The molecule has 0 spiro atoms. The Morgan fingerprint density at radius 3 is 2.36 bits per heavy atom. The van der Waals surface area contributed by atoms with Crippen LogP contribution in [0.25, 0.3) is 10.9 Å². The van der Waals surface area contributed by atoms with Gasteiger partial charge in [-0.1, -0.05) is 17.7 Å². The second kappa shape index (κ2) is 7.55. The second-order valence-corrected chi connectivity index (χ2v) is 8.86. The summed E-state index contributed by atoms with van der Waals surface area (Å²) in [5, 5.41) is 6.44. The van der Waals surface area contributed by atoms with Crippen molar-refractivity contribution >= 4 is 38.2 Å². The monoisotopic (exact) mass is 398 g/mol. The highest BCUT2D eigenvalue weighted by atomic mass is 32.2. The van der Waals surface area contributed by atoms with Gasteiger partial charge < -0.3 is 10.6 Å². The fraction of sp³-hybridized carbons (Fsp3) is 0.250. The van der Waals surface area contributed by atoms with E-state index in [1.807, 2.05) is 32.9 Å². The number of nitrogens with one attached hydrogen (secondary N) is 2. The van der Waals surface area contributed by atoms with E-state index in [0.29, 0.717) is 16.7 Å². The van der Waals surface area contributed by atoms with Gasteiger partial charge in [-0.05, 0) is 50.1 Å². The van der Waals surface area contributed by atoms with Crippen LogP contribution in [0.3, 0.4) is 0 Å². The van der Waals surface area contributed by atoms with Gasteiger partial charge in [0.25, 0.3) is 0 Å². The van der Waals surface area contributed by atoms with Crippen LogP contribution in [0.2, 0.25) is 0 Å². The van der Waals surface area contributed by atoms with Crippen LogP contribution in [-0.4, -0.2) is 37.1 Å². The molecule has 0 aliphatic rings. The van der Waals surface area contributed by atoms with Gasteiger partial charge in [0.05, 0.1) is 17.0 Å². The normalized spacial score (nSPS) is 11.4. The Hall–Kier alpha value is -3.00. The molecule has 0 fully saturated rings. The van der Waals surface area contributed by atoms with Crippen molar-refractivity contribution in [1.82, 2.24) is 9.97 Å². The molecular formula is C20H22N4O3S. The van der Waals surface area contributed by atoms with Crippen molar-refractivity contribution < 1.29 is 13.2 Å². The van der Waals surface area contributed by atoms with E-state index in [9.17, 15) is 13.2 Å². The quantitative estimate of drug-likeness (QED) is 0.685. The Balaban J connectivity index is 1.81. The van der Waals surface area contributed by atoms with Crippen molar-refractivity contribution in [2.45, 2.75) is 25.7 Å². The van der Waals surface area contributed by atoms with Crippen LogP contribution in [0.1, 0.15) is 16.7 Å². The van der Waals surface area contributed by atoms with E-state index >= 15 is 0 Å². The number of rotatable bonds is 5. The summed E-state index contributed by atoms with van der Waals surface area (Å²) in [4.78, 5) is 20.9. The number of amides is 1. The maximum atomic E-state index is 12.4. The predicted octanol–water partition coefficient (Wildman–Crippen LogP) is 3.01. The predicted molar refractivity (Wildman–Crippen MR) is 110 cm³/mol. The largest absolute Gasteiger partial charge is 0.360 e. The van der Waals surface area contributed by atoms with Crippen molar-refractivity contribution in [3.8, 4) is 0 Å². The van der Waals surface area contributed by atoms with E-state index in [4.69, 9.17) is 0 Å². The van der Waals surface area contributed by atoms with Gasteiger partial charge in [0.2, 0.25) is 5.91 Å². The highest BCUT2D eigenvalue weighted by Crippen LogP contribution is 2.24. The van der Waals surface area contributed by atoms with Crippen molar-refractivity contribution in [2.24, 2.45) is 0 Å². The first kappa shape index (κ1) is 19.8. The lowest BCUT2D eigenvalue weighted by Gasteiger charge is -2.14. The van der Waals surface area contributed by atoms with Crippen LogP contribution in [0, 0.1) is 20.8 Å². The van der Waals surface area contributed by atoms with Gasteiger partial charge in [-0.2, -0.15) is 0 Å². The van der Waals surface area contributed by atoms with Crippen molar-refractivity contribution in [1.29, 1.82) is 0 Å².